The summed E-state index contributed by atoms with van der Waals surface area (Å²) in [6.45, 7) is 2.16. The number of nitrogens with zero attached hydrogens (tertiary/aromatic N) is 1. The Labute approximate surface area is 203 Å². The van der Waals surface area contributed by atoms with Crippen LogP contribution in [0.4, 0.5) is 5.69 Å². The maximum atomic E-state index is 13.0. The molecule has 4 aromatic carbocycles. The highest BCUT2D eigenvalue weighted by Crippen LogP contribution is 2.27. The number of likely N-dealkylation sites (N-methyl/N-ethyl adjacent to an activating group) is 1. The van der Waals surface area contributed by atoms with Gasteiger partial charge in [0.05, 0.1) is 5.69 Å². The molecule has 0 saturated heterocycles. The van der Waals surface area contributed by atoms with Gasteiger partial charge in [0.2, 0.25) is 0 Å². The molecule has 0 aliphatic rings. The molecular weight excluding hydrogens is 450 g/mol. The van der Waals surface area contributed by atoms with Crippen LogP contribution < -0.4 is 9.64 Å². The Morgan fingerprint density at radius 1 is 0.853 bits per heavy atom. The molecule has 0 bridgehead atoms. The molecular formula is C28H24ClNO4. The second kappa shape index (κ2) is 10.9. The molecule has 1 amide bonds. The summed E-state index contributed by atoms with van der Waals surface area (Å²) in [5, 5.41) is 2.58. The Balaban J connectivity index is 1.45. The third-order valence-corrected chi connectivity index (χ3v) is 5.82. The molecule has 0 atom stereocenters. The van der Waals surface area contributed by atoms with Gasteiger partial charge in [-0.2, -0.15) is 0 Å². The van der Waals surface area contributed by atoms with Crippen LogP contribution >= 0.6 is 11.6 Å². The molecule has 0 aliphatic carbocycles. The lowest BCUT2D eigenvalue weighted by Gasteiger charge is -2.22. The monoisotopic (exact) mass is 473 g/mol. The minimum atomic E-state index is -0.628. The SMILES string of the molecule is CCN(C(=O)COC(=O)c1ccccc1OCc1ccccc1Cl)c1cccc2ccccc12. The first-order valence-electron chi connectivity index (χ1n) is 11.0. The smallest absolute Gasteiger partial charge is 0.342 e. The molecule has 0 saturated carbocycles. The van der Waals surface area contributed by atoms with Crippen LogP contribution in [-0.2, 0) is 16.1 Å². The quantitative estimate of drug-likeness (QED) is 0.282. The van der Waals surface area contributed by atoms with Crippen molar-refractivity contribution in [2.45, 2.75) is 13.5 Å². The number of halogens is 1. The van der Waals surface area contributed by atoms with Crippen LogP contribution in [0.5, 0.6) is 5.75 Å². The predicted octanol–water partition coefficient (Wildman–Crippen LogP) is 6.28. The fourth-order valence-corrected chi connectivity index (χ4v) is 3.93. The minimum Gasteiger partial charge on any atom is -0.488 e. The van der Waals surface area contributed by atoms with Crippen molar-refractivity contribution in [1.29, 1.82) is 0 Å². The number of fused-ring (bicyclic) bond motifs is 1. The van der Waals surface area contributed by atoms with Gasteiger partial charge in [-0.25, -0.2) is 4.79 Å². The second-order valence-corrected chi connectivity index (χ2v) is 8.00. The van der Waals surface area contributed by atoms with Crippen LogP contribution in [0, 0.1) is 0 Å². The topological polar surface area (TPSA) is 55.8 Å². The zero-order valence-corrected chi connectivity index (χ0v) is 19.5. The van der Waals surface area contributed by atoms with E-state index in [-0.39, 0.29) is 24.7 Å². The van der Waals surface area contributed by atoms with E-state index >= 15 is 0 Å². The Kier molecular flexibility index (Phi) is 7.45. The number of ether oxygens (including phenoxy) is 2. The van der Waals surface area contributed by atoms with Crippen LogP contribution in [0.3, 0.4) is 0 Å². The van der Waals surface area contributed by atoms with Gasteiger partial charge in [0, 0.05) is 22.5 Å². The summed E-state index contributed by atoms with van der Waals surface area (Å²) in [7, 11) is 0. The van der Waals surface area contributed by atoms with E-state index in [0.29, 0.717) is 17.3 Å². The zero-order chi connectivity index (χ0) is 23.9. The van der Waals surface area contributed by atoms with Crippen molar-refractivity contribution >= 4 is 39.9 Å². The molecule has 0 unspecified atom stereocenters. The van der Waals surface area contributed by atoms with Crippen molar-refractivity contribution in [1.82, 2.24) is 0 Å². The molecule has 6 heteroatoms. The summed E-state index contributed by atoms with van der Waals surface area (Å²) in [6.07, 6.45) is 0. The summed E-state index contributed by atoms with van der Waals surface area (Å²) < 4.78 is 11.2. The maximum Gasteiger partial charge on any atom is 0.342 e. The van der Waals surface area contributed by atoms with Gasteiger partial charge in [0.15, 0.2) is 6.61 Å². The van der Waals surface area contributed by atoms with Gasteiger partial charge < -0.3 is 14.4 Å². The third-order valence-electron chi connectivity index (χ3n) is 5.45. The second-order valence-electron chi connectivity index (χ2n) is 7.59. The number of anilines is 1. The number of carbonyl (C=O) groups is 2. The summed E-state index contributed by atoms with van der Waals surface area (Å²) in [5.41, 5.74) is 1.83. The number of esters is 1. The minimum absolute atomic E-state index is 0.202. The fourth-order valence-electron chi connectivity index (χ4n) is 3.74. The van der Waals surface area contributed by atoms with Crippen LogP contribution in [0.15, 0.2) is 91.0 Å². The average Bonchev–Trinajstić information content (AvgIpc) is 2.87. The van der Waals surface area contributed by atoms with Gasteiger partial charge in [0.1, 0.15) is 17.9 Å². The van der Waals surface area contributed by atoms with Gasteiger partial charge >= 0.3 is 5.97 Å². The Bertz CT molecular complexity index is 1320. The molecule has 4 rings (SSSR count). The highest BCUT2D eigenvalue weighted by molar-refractivity contribution is 6.31. The largest absolute Gasteiger partial charge is 0.488 e. The number of hydrogen-bond donors (Lipinski definition) is 0. The van der Waals surface area contributed by atoms with Gasteiger partial charge in [-0.15, -0.1) is 0 Å². The molecule has 0 fully saturated rings. The Morgan fingerprint density at radius 2 is 1.56 bits per heavy atom. The van der Waals surface area contributed by atoms with Gasteiger partial charge in [-0.1, -0.05) is 78.3 Å². The highest BCUT2D eigenvalue weighted by atomic mass is 35.5. The standard InChI is InChI=1S/C28H24ClNO4/c1-2-30(25-16-9-12-20-10-3-5-13-22(20)25)27(31)19-34-28(32)23-14-6-8-17-26(23)33-18-21-11-4-7-15-24(21)29/h3-17H,2,18-19H2,1H3. The van der Waals surface area contributed by atoms with E-state index in [1.165, 1.54) is 0 Å². The normalized spacial score (nSPS) is 10.6. The van der Waals surface area contributed by atoms with Crippen LogP contribution in [0.2, 0.25) is 5.02 Å². The average molecular weight is 474 g/mol. The summed E-state index contributed by atoms with van der Waals surface area (Å²) in [4.78, 5) is 27.4. The first-order valence-corrected chi connectivity index (χ1v) is 11.4. The summed E-state index contributed by atoms with van der Waals surface area (Å²) in [6, 6.07) is 27.8. The molecule has 0 heterocycles. The zero-order valence-electron chi connectivity index (χ0n) is 18.7. The number of benzene rings is 4. The van der Waals surface area contributed by atoms with Crippen molar-refractivity contribution in [2.24, 2.45) is 0 Å². The van der Waals surface area contributed by atoms with Crippen molar-refractivity contribution in [3.05, 3.63) is 107 Å². The maximum absolute atomic E-state index is 13.0. The summed E-state index contributed by atoms with van der Waals surface area (Å²) >= 11 is 6.19. The molecule has 0 N–H and O–H groups in total. The Hall–Kier alpha value is -3.83. The van der Waals surface area contributed by atoms with Crippen LogP contribution in [0.25, 0.3) is 10.8 Å². The molecule has 0 aliphatic heterocycles. The van der Waals surface area contributed by atoms with Crippen LogP contribution in [-0.4, -0.2) is 25.0 Å². The van der Waals surface area contributed by atoms with E-state index in [4.69, 9.17) is 21.1 Å². The van der Waals surface area contributed by atoms with E-state index in [2.05, 4.69) is 0 Å². The number of hydrogen-bond acceptors (Lipinski definition) is 4. The van der Waals surface area contributed by atoms with Gasteiger partial charge in [-0.05, 0) is 36.6 Å². The predicted molar refractivity (Wildman–Crippen MR) is 134 cm³/mol. The van der Waals surface area contributed by atoms with Crippen LogP contribution in [0.1, 0.15) is 22.8 Å². The number of para-hydroxylation sites is 1. The lowest BCUT2D eigenvalue weighted by molar-refractivity contribution is -0.121. The molecule has 0 spiro atoms. The molecule has 0 aromatic heterocycles. The van der Waals surface area contributed by atoms with Crippen molar-refractivity contribution in [3.8, 4) is 5.75 Å². The molecule has 4 aromatic rings. The van der Waals surface area contributed by atoms with E-state index in [0.717, 1.165) is 22.0 Å². The third kappa shape index (κ3) is 5.21. The van der Waals surface area contributed by atoms with E-state index < -0.39 is 5.97 Å². The van der Waals surface area contributed by atoms with Crippen molar-refractivity contribution in [2.75, 3.05) is 18.1 Å². The number of carbonyl (C=O) groups excluding carboxylic acids is 2. The fraction of sp³-hybridized carbons (Fsp3) is 0.143. The lowest BCUT2D eigenvalue weighted by atomic mass is 10.1. The molecule has 0 radical (unpaired) electrons. The number of amides is 1. The van der Waals surface area contributed by atoms with E-state index in [1.807, 2.05) is 67.6 Å². The van der Waals surface area contributed by atoms with Gasteiger partial charge in [-0.3, -0.25) is 4.79 Å². The van der Waals surface area contributed by atoms with E-state index in [9.17, 15) is 9.59 Å². The summed E-state index contributed by atoms with van der Waals surface area (Å²) in [5.74, 6) is -0.569. The lowest BCUT2D eigenvalue weighted by Crippen LogP contribution is -2.34. The van der Waals surface area contributed by atoms with Crippen molar-refractivity contribution < 1.29 is 19.1 Å². The van der Waals surface area contributed by atoms with E-state index in [1.54, 1.807) is 35.2 Å². The number of rotatable bonds is 8. The van der Waals surface area contributed by atoms with Gasteiger partial charge in [0.25, 0.3) is 5.91 Å². The molecule has 172 valence electrons. The highest BCUT2D eigenvalue weighted by Gasteiger charge is 2.20. The Morgan fingerprint density at radius 3 is 2.38 bits per heavy atom. The molecule has 34 heavy (non-hydrogen) atoms. The molecule has 5 nitrogen and oxygen atoms in total. The first-order chi connectivity index (χ1) is 16.6. The van der Waals surface area contributed by atoms with Crippen molar-refractivity contribution in [3.63, 3.8) is 0 Å². The first kappa shape index (κ1) is 23.3.